The maximum Gasteiger partial charge on any atom is 0.313 e. The van der Waals surface area contributed by atoms with Crippen LogP contribution in [0.2, 0.25) is 0 Å². The van der Waals surface area contributed by atoms with Crippen molar-refractivity contribution in [3.05, 3.63) is 51.7 Å². The fourth-order valence-electron chi connectivity index (χ4n) is 3.11. The molecular weight excluding hydrogens is 374 g/mol. The summed E-state index contributed by atoms with van der Waals surface area (Å²) in [5.41, 5.74) is 1.07. The Labute approximate surface area is 168 Å². The first-order valence-corrected chi connectivity index (χ1v) is 10.3. The van der Waals surface area contributed by atoms with E-state index >= 15 is 0 Å². The second-order valence-electron chi connectivity index (χ2n) is 7.20. The summed E-state index contributed by atoms with van der Waals surface area (Å²) >= 11 is 1.58. The number of benzene rings is 1. The molecule has 7 heteroatoms. The molecule has 0 aliphatic carbocycles. The van der Waals surface area contributed by atoms with Crippen LogP contribution in [0.25, 0.3) is 0 Å². The number of likely N-dealkylation sites (tertiary alicyclic amines) is 1. The van der Waals surface area contributed by atoms with E-state index in [2.05, 4.69) is 17.6 Å². The number of aryl methyl sites for hydroxylation is 1. The van der Waals surface area contributed by atoms with Gasteiger partial charge in [-0.25, -0.2) is 0 Å². The summed E-state index contributed by atoms with van der Waals surface area (Å²) in [5, 5.41) is 5.17. The van der Waals surface area contributed by atoms with Gasteiger partial charge in [-0.15, -0.1) is 11.3 Å². The van der Waals surface area contributed by atoms with Gasteiger partial charge in [0.1, 0.15) is 0 Å². The lowest BCUT2D eigenvalue weighted by Gasteiger charge is -2.30. The fraction of sp³-hybridized carbons (Fsp3) is 0.381. The lowest BCUT2D eigenvalue weighted by atomic mass is 9.98. The minimum Gasteiger partial charge on any atom is -0.343 e. The molecule has 1 fully saturated rings. The van der Waals surface area contributed by atoms with Crippen molar-refractivity contribution in [3.8, 4) is 0 Å². The van der Waals surface area contributed by atoms with Crippen LogP contribution >= 0.6 is 11.3 Å². The molecule has 0 atom stereocenters. The van der Waals surface area contributed by atoms with Gasteiger partial charge in [0.25, 0.3) is 5.91 Å². The SMILES string of the molecule is Cc1ccc(CNC(=O)C(=O)Nc2ccc(C(=O)N3CCC(C)CC3)cc2)s1. The van der Waals surface area contributed by atoms with Crippen LogP contribution in [0.15, 0.2) is 36.4 Å². The highest BCUT2D eigenvalue weighted by molar-refractivity contribution is 7.11. The Kier molecular flexibility index (Phi) is 6.46. The van der Waals surface area contributed by atoms with Crippen LogP contribution in [0.3, 0.4) is 0 Å². The van der Waals surface area contributed by atoms with Crippen molar-refractivity contribution in [1.29, 1.82) is 0 Å². The smallest absolute Gasteiger partial charge is 0.313 e. The summed E-state index contributed by atoms with van der Waals surface area (Å²) < 4.78 is 0. The van der Waals surface area contributed by atoms with Gasteiger partial charge in [0.05, 0.1) is 6.54 Å². The molecule has 1 aliphatic heterocycles. The van der Waals surface area contributed by atoms with Gasteiger partial charge in [0, 0.05) is 34.1 Å². The maximum atomic E-state index is 12.5. The van der Waals surface area contributed by atoms with Crippen LogP contribution in [-0.2, 0) is 16.1 Å². The number of rotatable bonds is 4. The molecule has 2 aromatic rings. The number of carbonyl (C=O) groups excluding carboxylic acids is 3. The summed E-state index contributed by atoms with van der Waals surface area (Å²) in [6.45, 7) is 6.08. The molecule has 1 aliphatic rings. The number of amides is 3. The summed E-state index contributed by atoms with van der Waals surface area (Å²) in [6.07, 6.45) is 2.06. The van der Waals surface area contributed by atoms with Gasteiger partial charge in [0.15, 0.2) is 0 Å². The van der Waals surface area contributed by atoms with Gasteiger partial charge in [-0.3, -0.25) is 14.4 Å². The Bertz CT molecular complexity index is 852. The van der Waals surface area contributed by atoms with Gasteiger partial charge in [-0.1, -0.05) is 6.92 Å². The first-order chi connectivity index (χ1) is 13.4. The highest BCUT2D eigenvalue weighted by Gasteiger charge is 2.21. The molecule has 2 heterocycles. The van der Waals surface area contributed by atoms with Crippen LogP contribution in [0.5, 0.6) is 0 Å². The van der Waals surface area contributed by atoms with Crippen LogP contribution in [0.1, 0.15) is 39.9 Å². The third-order valence-corrected chi connectivity index (χ3v) is 5.89. The van der Waals surface area contributed by atoms with E-state index in [0.717, 1.165) is 35.7 Å². The van der Waals surface area contributed by atoms with Crippen molar-refractivity contribution in [2.45, 2.75) is 33.2 Å². The van der Waals surface area contributed by atoms with Gasteiger partial charge in [-0.05, 0) is 62.1 Å². The number of hydrogen-bond donors (Lipinski definition) is 2. The molecule has 0 saturated carbocycles. The topological polar surface area (TPSA) is 78.5 Å². The number of nitrogens with one attached hydrogen (secondary N) is 2. The Morgan fingerprint density at radius 1 is 1.04 bits per heavy atom. The number of anilines is 1. The Morgan fingerprint density at radius 3 is 2.32 bits per heavy atom. The van der Waals surface area contributed by atoms with Crippen LogP contribution in [0.4, 0.5) is 5.69 Å². The monoisotopic (exact) mass is 399 g/mol. The number of carbonyl (C=O) groups is 3. The predicted octanol–water partition coefficient (Wildman–Crippen LogP) is 3.18. The van der Waals surface area contributed by atoms with Gasteiger partial charge in [-0.2, -0.15) is 0 Å². The molecule has 28 heavy (non-hydrogen) atoms. The summed E-state index contributed by atoms with van der Waals surface area (Å²) in [7, 11) is 0. The van der Waals surface area contributed by atoms with Crippen LogP contribution < -0.4 is 10.6 Å². The van der Waals surface area contributed by atoms with E-state index in [0.29, 0.717) is 23.7 Å². The summed E-state index contributed by atoms with van der Waals surface area (Å²) in [6, 6.07) is 10.6. The minimum absolute atomic E-state index is 0.00811. The first-order valence-electron chi connectivity index (χ1n) is 9.46. The third-order valence-electron chi connectivity index (χ3n) is 4.89. The lowest BCUT2D eigenvalue weighted by Crippen LogP contribution is -2.37. The summed E-state index contributed by atoms with van der Waals surface area (Å²) in [5.74, 6) is -0.739. The number of nitrogens with zero attached hydrogens (tertiary/aromatic N) is 1. The zero-order valence-electron chi connectivity index (χ0n) is 16.2. The van der Waals surface area contributed by atoms with Crippen LogP contribution in [-0.4, -0.2) is 35.7 Å². The normalized spacial score (nSPS) is 14.6. The lowest BCUT2D eigenvalue weighted by molar-refractivity contribution is -0.136. The van der Waals surface area contributed by atoms with Gasteiger partial charge in [0.2, 0.25) is 0 Å². The molecule has 3 amide bonds. The fourth-order valence-corrected chi connectivity index (χ4v) is 3.94. The molecule has 0 radical (unpaired) electrons. The maximum absolute atomic E-state index is 12.5. The zero-order valence-corrected chi connectivity index (χ0v) is 17.0. The molecule has 0 bridgehead atoms. The zero-order chi connectivity index (χ0) is 20.1. The first kappa shape index (κ1) is 20.1. The minimum atomic E-state index is -0.725. The molecule has 2 N–H and O–H groups in total. The molecule has 1 saturated heterocycles. The van der Waals surface area contributed by atoms with Gasteiger partial charge < -0.3 is 15.5 Å². The van der Waals surface area contributed by atoms with Crippen molar-refractivity contribution in [2.75, 3.05) is 18.4 Å². The second kappa shape index (κ2) is 9.01. The molecule has 0 spiro atoms. The highest BCUT2D eigenvalue weighted by atomic mass is 32.1. The van der Waals surface area contributed by atoms with Crippen molar-refractivity contribution in [2.24, 2.45) is 5.92 Å². The quantitative estimate of drug-likeness (QED) is 0.775. The predicted molar refractivity (Wildman–Crippen MR) is 110 cm³/mol. The van der Waals surface area contributed by atoms with Crippen LogP contribution in [0, 0.1) is 12.8 Å². The van der Waals surface area contributed by atoms with Crippen molar-refractivity contribution >= 4 is 34.7 Å². The molecule has 1 aromatic heterocycles. The van der Waals surface area contributed by atoms with Crippen molar-refractivity contribution < 1.29 is 14.4 Å². The Hall–Kier alpha value is -2.67. The van der Waals surface area contributed by atoms with E-state index < -0.39 is 11.8 Å². The van der Waals surface area contributed by atoms with Crippen molar-refractivity contribution in [3.63, 3.8) is 0 Å². The number of thiophene rings is 1. The van der Waals surface area contributed by atoms with E-state index in [1.165, 1.54) is 0 Å². The largest absolute Gasteiger partial charge is 0.343 e. The van der Waals surface area contributed by atoms with E-state index in [1.807, 2.05) is 24.0 Å². The molecule has 3 rings (SSSR count). The standard InChI is InChI=1S/C21H25N3O3S/c1-14-9-11-24(12-10-14)21(27)16-4-6-17(7-5-16)23-20(26)19(25)22-13-18-8-3-15(2)28-18/h3-8,14H,9-13H2,1-2H3,(H,22,25)(H,23,26). The molecule has 1 aromatic carbocycles. The number of piperidine rings is 1. The molecule has 148 valence electrons. The summed E-state index contributed by atoms with van der Waals surface area (Å²) in [4.78, 5) is 40.6. The second-order valence-corrected chi connectivity index (χ2v) is 8.57. The molecule has 0 unspecified atom stereocenters. The third kappa shape index (κ3) is 5.19. The average Bonchev–Trinajstić information content (AvgIpc) is 3.12. The van der Waals surface area contributed by atoms with E-state index in [9.17, 15) is 14.4 Å². The van der Waals surface area contributed by atoms with E-state index in [1.54, 1.807) is 35.6 Å². The van der Waals surface area contributed by atoms with E-state index in [-0.39, 0.29) is 5.91 Å². The number of hydrogen-bond acceptors (Lipinski definition) is 4. The Balaban J connectivity index is 1.51. The molecule has 6 nitrogen and oxygen atoms in total. The van der Waals surface area contributed by atoms with Gasteiger partial charge >= 0.3 is 11.8 Å². The highest BCUT2D eigenvalue weighted by Crippen LogP contribution is 2.19. The van der Waals surface area contributed by atoms with E-state index in [4.69, 9.17) is 0 Å². The average molecular weight is 400 g/mol. The van der Waals surface area contributed by atoms with Crippen molar-refractivity contribution in [1.82, 2.24) is 10.2 Å². The Morgan fingerprint density at radius 2 is 1.71 bits per heavy atom. The molecular formula is C21H25N3O3S.